The Morgan fingerprint density at radius 2 is 1.71 bits per heavy atom. The Kier molecular flexibility index (Phi) is 7.35. The molecule has 0 aliphatic heterocycles. The molecule has 3 amide bonds. The van der Waals surface area contributed by atoms with E-state index in [1.165, 1.54) is 13.8 Å². The van der Waals surface area contributed by atoms with Crippen LogP contribution < -0.4 is 10.6 Å². The molecule has 0 bridgehead atoms. The van der Waals surface area contributed by atoms with Gasteiger partial charge in [-0.1, -0.05) is 13.8 Å². The van der Waals surface area contributed by atoms with Crippen molar-refractivity contribution in [2.75, 3.05) is 20.3 Å². The summed E-state index contributed by atoms with van der Waals surface area (Å²) < 4.78 is 4.99. The lowest BCUT2D eigenvalue weighted by Crippen LogP contribution is -2.45. The number of imide groups is 1. The van der Waals surface area contributed by atoms with E-state index < -0.39 is 23.3 Å². The summed E-state index contributed by atoms with van der Waals surface area (Å²) in [5.41, 5.74) is -1.36. The minimum absolute atomic E-state index is 0.156. The molecular weight excluding hydrogens is 276 g/mol. The highest BCUT2D eigenvalue weighted by molar-refractivity contribution is 5.96. The molecule has 0 aromatic rings. The molecule has 0 fully saturated rings. The zero-order valence-electron chi connectivity index (χ0n) is 13.4. The Hall–Kier alpha value is -1.63. The third kappa shape index (κ3) is 8.29. The topological polar surface area (TPSA) is 105 Å². The van der Waals surface area contributed by atoms with Gasteiger partial charge >= 0.3 is 12.0 Å². The van der Waals surface area contributed by atoms with E-state index in [1.807, 2.05) is 13.8 Å². The van der Waals surface area contributed by atoms with Crippen molar-refractivity contribution in [1.29, 1.82) is 0 Å². The zero-order valence-corrected chi connectivity index (χ0v) is 13.4. The third-order valence-electron chi connectivity index (χ3n) is 3.14. The molecule has 7 nitrogen and oxygen atoms in total. The van der Waals surface area contributed by atoms with Gasteiger partial charge in [-0.15, -0.1) is 0 Å². The van der Waals surface area contributed by atoms with Gasteiger partial charge in [0, 0.05) is 26.7 Å². The number of carboxylic acid groups (broad SMARTS) is 1. The number of amides is 3. The lowest BCUT2D eigenvalue weighted by Gasteiger charge is -2.24. The monoisotopic (exact) mass is 302 g/mol. The first-order valence-corrected chi connectivity index (χ1v) is 6.80. The molecule has 0 unspecified atom stereocenters. The van der Waals surface area contributed by atoms with E-state index in [0.717, 1.165) is 6.42 Å². The van der Waals surface area contributed by atoms with E-state index >= 15 is 0 Å². The molecule has 0 spiro atoms. The van der Waals surface area contributed by atoms with Crippen LogP contribution in [0.2, 0.25) is 0 Å². The van der Waals surface area contributed by atoms with Crippen molar-refractivity contribution in [1.82, 2.24) is 10.6 Å². The molecule has 3 N–H and O–H groups in total. The van der Waals surface area contributed by atoms with E-state index in [9.17, 15) is 14.4 Å². The Morgan fingerprint density at radius 3 is 2.19 bits per heavy atom. The molecule has 0 radical (unpaired) electrons. The number of carbonyl (C=O) groups excluding carboxylic acids is 2. The van der Waals surface area contributed by atoms with E-state index in [2.05, 4.69) is 10.6 Å². The molecule has 0 saturated carbocycles. The molecule has 0 aromatic carbocycles. The van der Waals surface area contributed by atoms with E-state index in [0.29, 0.717) is 13.2 Å². The van der Waals surface area contributed by atoms with Crippen molar-refractivity contribution >= 4 is 17.9 Å². The van der Waals surface area contributed by atoms with Crippen LogP contribution in [0.25, 0.3) is 0 Å². The first kappa shape index (κ1) is 19.4. The number of rotatable bonds is 8. The van der Waals surface area contributed by atoms with Crippen LogP contribution in [0.5, 0.6) is 0 Å². The van der Waals surface area contributed by atoms with Crippen molar-refractivity contribution in [2.24, 2.45) is 10.8 Å². The first-order valence-electron chi connectivity index (χ1n) is 6.80. The second-order valence-electron chi connectivity index (χ2n) is 6.50. The zero-order chi connectivity index (χ0) is 16.7. The van der Waals surface area contributed by atoms with Gasteiger partial charge in [0.05, 0.1) is 5.41 Å². The molecule has 0 rings (SSSR count). The first-order chi connectivity index (χ1) is 9.50. The molecule has 0 aliphatic carbocycles. The maximum absolute atomic E-state index is 11.6. The highest BCUT2D eigenvalue weighted by atomic mass is 16.5. The lowest BCUT2D eigenvalue weighted by molar-refractivity contribution is -0.149. The Labute approximate surface area is 125 Å². The standard InChI is InChI=1S/C14H26N2O5/c1-13(2,6-7-21-5)9-15-12(20)16-10(17)8-14(3,4)11(18)19/h6-9H2,1-5H3,(H,18,19)(H2,15,16,17,20). The summed E-state index contributed by atoms with van der Waals surface area (Å²) in [4.78, 5) is 34.1. The number of carbonyl (C=O) groups is 3. The number of aliphatic carboxylic acids is 1. The molecule has 0 saturated heterocycles. The van der Waals surface area contributed by atoms with E-state index in [1.54, 1.807) is 7.11 Å². The highest BCUT2D eigenvalue weighted by Gasteiger charge is 2.30. The van der Waals surface area contributed by atoms with Gasteiger partial charge in [-0.3, -0.25) is 14.9 Å². The second kappa shape index (κ2) is 7.97. The number of ether oxygens (including phenoxy) is 1. The van der Waals surface area contributed by atoms with Crippen LogP contribution in [0.15, 0.2) is 0 Å². The van der Waals surface area contributed by atoms with E-state index in [-0.39, 0.29) is 11.8 Å². The van der Waals surface area contributed by atoms with Crippen molar-refractivity contribution in [2.45, 2.75) is 40.5 Å². The smallest absolute Gasteiger partial charge is 0.321 e. The molecule has 0 aromatic heterocycles. The summed E-state index contributed by atoms with van der Waals surface area (Å²) in [7, 11) is 1.61. The average molecular weight is 302 g/mol. The van der Waals surface area contributed by atoms with Gasteiger partial charge in [-0.05, 0) is 25.7 Å². The molecule has 7 heteroatoms. The van der Waals surface area contributed by atoms with Crippen LogP contribution in [0, 0.1) is 10.8 Å². The summed E-state index contributed by atoms with van der Waals surface area (Å²) >= 11 is 0. The maximum atomic E-state index is 11.6. The van der Waals surface area contributed by atoms with Gasteiger partial charge in [-0.2, -0.15) is 0 Å². The summed E-state index contributed by atoms with van der Waals surface area (Å²) in [6.07, 6.45) is 0.507. The average Bonchev–Trinajstić information content (AvgIpc) is 2.33. The SMILES string of the molecule is COCCC(C)(C)CNC(=O)NC(=O)CC(C)(C)C(=O)O. The number of hydrogen-bond acceptors (Lipinski definition) is 4. The van der Waals surface area contributed by atoms with Crippen LogP contribution in [0.3, 0.4) is 0 Å². The van der Waals surface area contributed by atoms with Crippen LogP contribution in [-0.4, -0.2) is 43.3 Å². The largest absolute Gasteiger partial charge is 0.481 e. The predicted octanol–water partition coefficient (Wildman–Crippen LogP) is 1.38. The summed E-state index contributed by atoms with van der Waals surface area (Å²) in [5.74, 6) is -1.70. The van der Waals surface area contributed by atoms with Crippen LogP contribution >= 0.6 is 0 Å². The summed E-state index contributed by atoms with van der Waals surface area (Å²) in [6, 6.07) is -0.619. The van der Waals surface area contributed by atoms with Crippen molar-refractivity contribution in [3.8, 4) is 0 Å². The van der Waals surface area contributed by atoms with Crippen molar-refractivity contribution in [3.63, 3.8) is 0 Å². The molecule has 122 valence electrons. The second-order valence-corrected chi connectivity index (χ2v) is 6.50. The fraction of sp³-hybridized carbons (Fsp3) is 0.786. The number of carboxylic acids is 1. The Balaban J connectivity index is 4.21. The quantitative estimate of drug-likeness (QED) is 0.628. The van der Waals surface area contributed by atoms with Crippen molar-refractivity contribution in [3.05, 3.63) is 0 Å². The molecule has 0 aliphatic rings. The Morgan fingerprint density at radius 1 is 1.14 bits per heavy atom. The van der Waals surface area contributed by atoms with Gasteiger partial charge < -0.3 is 15.2 Å². The van der Waals surface area contributed by atoms with E-state index in [4.69, 9.17) is 9.84 Å². The number of nitrogens with one attached hydrogen (secondary N) is 2. The van der Waals surface area contributed by atoms with Crippen LogP contribution in [0.4, 0.5) is 4.79 Å². The normalized spacial score (nSPS) is 11.9. The fourth-order valence-electron chi connectivity index (χ4n) is 1.48. The van der Waals surface area contributed by atoms with Gasteiger partial charge in [-0.25, -0.2) is 4.79 Å². The Bertz CT molecular complexity index is 391. The van der Waals surface area contributed by atoms with Gasteiger partial charge in [0.25, 0.3) is 0 Å². The minimum atomic E-state index is -1.21. The van der Waals surface area contributed by atoms with Gasteiger partial charge in [0.2, 0.25) is 5.91 Å². The van der Waals surface area contributed by atoms with Crippen LogP contribution in [0.1, 0.15) is 40.5 Å². The highest BCUT2D eigenvalue weighted by Crippen LogP contribution is 2.20. The summed E-state index contributed by atoms with van der Waals surface area (Å²) in [6.45, 7) is 7.78. The number of urea groups is 1. The maximum Gasteiger partial charge on any atom is 0.321 e. The number of hydrogen-bond donors (Lipinski definition) is 3. The fourth-order valence-corrected chi connectivity index (χ4v) is 1.48. The summed E-state index contributed by atoms with van der Waals surface area (Å²) in [5, 5.41) is 13.7. The minimum Gasteiger partial charge on any atom is -0.481 e. The number of methoxy groups -OCH3 is 1. The molecule has 21 heavy (non-hydrogen) atoms. The predicted molar refractivity (Wildman–Crippen MR) is 77.8 cm³/mol. The molecule has 0 atom stereocenters. The van der Waals surface area contributed by atoms with Crippen molar-refractivity contribution < 1.29 is 24.2 Å². The molecule has 0 heterocycles. The molecular formula is C14H26N2O5. The van der Waals surface area contributed by atoms with Crippen LogP contribution in [-0.2, 0) is 14.3 Å². The third-order valence-corrected chi connectivity index (χ3v) is 3.14. The van der Waals surface area contributed by atoms with Gasteiger partial charge in [0.1, 0.15) is 0 Å². The van der Waals surface area contributed by atoms with Gasteiger partial charge in [0.15, 0.2) is 0 Å². The lowest BCUT2D eigenvalue weighted by atomic mass is 9.89.